The quantitative estimate of drug-likeness (QED) is 0.796. The molecule has 0 aliphatic heterocycles. The van der Waals surface area contributed by atoms with Gasteiger partial charge in [0.05, 0.1) is 24.3 Å². The standard InChI is InChI=1S/C9H9N3O2.C2H6/c1-7-4-12-8(5-11-7)14-6-9-10-2-3-13-9;1-2/h2-5H,6H2,1H3;1-2H3. The zero-order valence-electron chi connectivity index (χ0n) is 9.67. The third-order valence-corrected chi connectivity index (χ3v) is 1.58. The van der Waals surface area contributed by atoms with Crippen molar-refractivity contribution in [2.45, 2.75) is 27.4 Å². The summed E-state index contributed by atoms with van der Waals surface area (Å²) in [5.74, 6) is 0.987. The SMILES string of the molecule is CC.Cc1cnc(OCc2ncco2)cn1. The average Bonchev–Trinajstić information content (AvgIpc) is 2.84. The van der Waals surface area contributed by atoms with E-state index in [1.54, 1.807) is 18.6 Å². The molecule has 16 heavy (non-hydrogen) atoms. The van der Waals surface area contributed by atoms with Crippen molar-refractivity contribution < 1.29 is 9.15 Å². The summed E-state index contributed by atoms with van der Waals surface area (Å²) in [7, 11) is 0. The summed E-state index contributed by atoms with van der Waals surface area (Å²) in [5, 5.41) is 0. The van der Waals surface area contributed by atoms with E-state index in [-0.39, 0.29) is 6.61 Å². The Balaban J connectivity index is 0.000000606. The van der Waals surface area contributed by atoms with E-state index in [0.717, 1.165) is 5.69 Å². The summed E-state index contributed by atoms with van der Waals surface area (Å²) in [4.78, 5) is 12.0. The van der Waals surface area contributed by atoms with Crippen molar-refractivity contribution in [3.63, 3.8) is 0 Å². The van der Waals surface area contributed by atoms with Gasteiger partial charge < -0.3 is 9.15 Å². The second kappa shape index (κ2) is 6.55. The fourth-order valence-corrected chi connectivity index (χ4v) is 0.915. The second-order valence-corrected chi connectivity index (χ2v) is 2.71. The number of aryl methyl sites for hydroxylation is 1. The van der Waals surface area contributed by atoms with Crippen LogP contribution in [0.25, 0.3) is 0 Å². The molecule has 0 N–H and O–H groups in total. The Hall–Kier alpha value is -1.91. The fraction of sp³-hybridized carbons (Fsp3) is 0.364. The number of ether oxygens (including phenoxy) is 1. The predicted octanol–water partition coefficient (Wildman–Crippen LogP) is 2.38. The van der Waals surface area contributed by atoms with Crippen LogP contribution >= 0.6 is 0 Å². The molecule has 2 aromatic rings. The molecule has 0 amide bonds. The smallest absolute Gasteiger partial charge is 0.232 e. The Morgan fingerprint density at radius 3 is 2.56 bits per heavy atom. The minimum atomic E-state index is 0.269. The van der Waals surface area contributed by atoms with Crippen molar-refractivity contribution in [1.82, 2.24) is 15.0 Å². The first-order chi connectivity index (χ1) is 7.84. The lowest BCUT2D eigenvalue weighted by molar-refractivity contribution is 0.252. The summed E-state index contributed by atoms with van der Waals surface area (Å²) in [6.45, 7) is 6.13. The van der Waals surface area contributed by atoms with E-state index in [1.165, 1.54) is 6.26 Å². The van der Waals surface area contributed by atoms with Gasteiger partial charge in [-0.1, -0.05) is 13.8 Å². The molecule has 0 fully saturated rings. The van der Waals surface area contributed by atoms with Gasteiger partial charge in [-0.05, 0) is 6.92 Å². The van der Waals surface area contributed by atoms with Gasteiger partial charge in [0, 0.05) is 0 Å². The van der Waals surface area contributed by atoms with Crippen molar-refractivity contribution in [1.29, 1.82) is 0 Å². The Kier molecular flexibility index (Phi) is 4.98. The Labute approximate surface area is 94.5 Å². The largest absolute Gasteiger partial charge is 0.467 e. The lowest BCUT2D eigenvalue weighted by Gasteiger charge is -2.00. The molecule has 0 aliphatic rings. The number of hydrogen-bond donors (Lipinski definition) is 0. The Morgan fingerprint density at radius 2 is 2.00 bits per heavy atom. The first-order valence-electron chi connectivity index (χ1n) is 5.14. The van der Waals surface area contributed by atoms with Gasteiger partial charge in [-0.2, -0.15) is 0 Å². The van der Waals surface area contributed by atoms with Crippen molar-refractivity contribution in [3.05, 3.63) is 36.4 Å². The molecular formula is C11H15N3O2. The fourth-order valence-electron chi connectivity index (χ4n) is 0.915. The number of nitrogens with zero attached hydrogens (tertiary/aromatic N) is 3. The highest BCUT2D eigenvalue weighted by Gasteiger charge is 2.00. The van der Waals surface area contributed by atoms with E-state index >= 15 is 0 Å². The van der Waals surface area contributed by atoms with Crippen LogP contribution in [-0.2, 0) is 6.61 Å². The van der Waals surface area contributed by atoms with Crippen LogP contribution in [0.4, 0.5) is 0 Å². The van der Waals surface area contributed by atoms with Crippen LogP contribution in [0.15, 0.2) is 29.3 Å². The molecule has 0 aromatic carbocycles. The number of aromatic nitrogens is 3. The van der Waals surface area contributed by atoms with Gasteiger partial charge >= 0.3 is 0 Å². The molecule has 2 heterocycles. The van der Waals surface area contributed by atoms with Crippen molar-refractivity contribution >= 4 is 0 Å². The minimum absolute atomic E-state index is 0.269. The van der Waals surface area contributed by atoms with E-state index in [0.29, 0.717) is 11.8 Å². The Morgan fingerprint density at radius 1 is 1.19 bits per heavy atom. The summed E-state index contributed by atoms with van der Waals surface area (Å²) in [6, 6.07) is 0. The summed E-state index contributed by atoms with van der Waals surface area (Å²) in [5.41, 5.74) is 0.855. The van der Waals surface area contributed by atoms with Gasteiger partial charge in [-0.15, -0.1) is 0 Å². The summed E-state index contributed by atoms with van der Waals surface area (Å²) >= 11 is 0. The van der Waals surface area contributed by atoms with E-state index in [1.807, 2.05) is 20.8 Å². The van der Waals surface area contributed by atoms with Gasteiger partial charge in [0.2, 0.25) is 11.8 Å². The van der Waals surface area contributed by atoms with Gasteiger partial charge in [-0.3, -0.25) is 4.98 Å². The minimum Gasteiger partial charge on any atom is -0.467 e. The highest BCUT2D eigenvalue weighted by atomic mass is 16.5. The van der Waals surface area contributed by atoms with Crippen LogP contribution < -0.4 is 4.74 Å². The molecule has 0 spiro atoms. The number of hydrogen-bond acceptors (Lipinski definition) is 5. The first kappa shape index (κ1) is 12.2. The van der Waals surface area contributed by atoms with Crippen molar-refractivity contribution in [2.75, 3.05) is 0 Å². The molecule has 2 aromatic heterocycles. The zero-order chi connectivity index (χ0) is 11.8. The van der Waals surface area contributed by atoms with Crippen LogP contribution in [0.3, 0.4) is 0 Å². The third kappa shape index (κ3) is 3.68. The van der Waals surface area contributed by atoms with Crippen LogP contribution in [-0.4, -0.2) is 15.0 Å². The summed E-state index contributed by atoms with van der Waals surface area (Å²) < 4.78 is 10.3. The maximum absolute atomic E-state index is 5.28. The van der Waals surface area contributed by atoms with E-state index in [4.69, 9.17) is 9.15 Å². The van der Waals surface area contributed by atoms with Crippen molar-refractivity contribution in [3.8, 4) is 5.88 Å². The molecular weight excluding hydrogens is 206 g/mol. The predicted molar refractivity (Wildman–Crippen MR) is 59.0 cm³/mol. The molecule has 0 saturated heterocycles. The molecule has 0 saturated carbocycles. The lowest BCUT2D eigenvalue weighted by atomic mass is 10.5. The van der Waals surface area contributed by atoms with E-state index in [9.17, 15) is 0 Å². The monoisotopic (exact) mass is 221 g/mol. The molecule has 86 valence electrons. The zero-order valence-corrected chi connectivity index (χ0v) is 9.67. The molecule has 0 radical (unpaired) electrons. The van der Waals surface area contributed by atoms with Gasteiger partial charge in [0.25, 0.3) is 0 Å². The van der Waals surface area contributed by atoms with Gasteiger partial charge in [0.15, 0.2) is 6.61 Å². The molecule has 0 bridgehead atoms. The second-order valence-electron chi connectivity index (χ2n) is 2.71. The van der Waals surface area contributed by atoms with Gasteiger partial charge in [-0.25, -0.2) is 9.97 Å². The molecule has 5 heteroatoms. The van der Waals surface area contributed by atoms with Gasteiger partial charge in [0.1, 0.15) is 6.26 Å². The Bertz CT molecular complexity index is 384. The van der Waals surface area contributed by atoms with Crippen molar-refractivity contribution in [2.24, 2.45) is 0 Å². The topological polar surface area (TPSA) is 61.0 Å². The first-order valence-corrected chi connectivity index (χ1v) is 5.14. The maximum atomic E-state index is 5.28. The van der Waals surface area contributed by atoms with Crippen LogP contribution in [0.5, 0.6) is 5.88 Å². The molecule has 5 nitrogen and oxygen atoms in total. The number of oxazole rings is 1. The van der Waals surface area contributed by atoms with E-state index in [2.05, 4.69) is 15.0 Å². The molecule has 0 aliphatic carbocycles. The van der Waals surface area contributed by atoms with E-state index < -0.39 is 0 Å². The van der Waals surface area contributed by atoms with Crippen LogP contribution in [0.2, 0.25) is 0 Å². The average molecular weight is 221 g/mol. The lowest BCUT2D eigenvalue weighted by Crippen LogP contribution is -1.98. The number of rotatable bonds is 3. The summed E-state index contributed by atoms with van der Waals surface area (Å²) in [6.07, 6.45) is 6.28. The molecule has 2 rings (SSSR count). The highest BCUT2D eigenvalue weighted by molar-refractivity contribution is 5.05. The molecule has 0 unspecified atom stereocenters. The maximum Gasteiger partial charge on any atom is 0.232 e. The highest BCUT2D eigenvalue weighted by Crippen LogP contribution is 2.06. The normalized spacial score (nSPS) is 9.19. The van der Waals surface area contributed by atoms with Crippen LogP contribution in [0.1, 0.15) is 25.4 Å². The third-order valence-electron chi connectivity index (χ3n) is 1.58. The molecule has 0 atom stereocenters. The van der Waals surface area contributed by atoms with Crippen LogP contribution in [0, 0.1) is 6.92 Å².